The summed E-state index contributed by atoms with van der Waals surface area (Å²) in [7, 11) is 1.36. The number of benzene rings is 1. The molecule has 0 atom stereocenters. The van der Waals surface area contributed by atoms with Crippen LogP contribution in [0.3, 0.4) is 0 Å². The molecule has 1 aromatic carbocycles. The molecule has 116 valence electrons. The zero-order chi connectivity index (χ0) is 15.8. The third kappa shape index (κ3) is 3.92. The van der Waals surface area contributed by atoms with Gasteiger partial charge in [0.05, 0.1) is 14.4 Å². The summed E-state index contributed by atoms with van der Waals surface area (Å²) in [5.74, 6) is -0.362. The normalized spacial score (nSPS) is 17.1. The van der Waals surface area contributed by atoms with Gasteiger partial charge in [-0.25, -0.2) is 8.42 Å². The van der Waals surface area contributed by atoms with Gasteiger partial charge in [0.2, 0.25) is 0 Å². The van der Waals surface area contributed by atoms with Gasteiger partial charge in [-0.3, -0.25) is 4.79 Å². The Morgan fingerprint density at radius 1 is 1.43 bits per heavy atom. The molecule has 0 bridgehead atoms. The van der Waals surface area contributed by atoms with Gasteiger partial charge in [-0.15, -0.1) is 0 Å². The van der Waals surface area contributed by atoms with Gasteiger partial charge in [-0.1, -0.05) is 24.9 Å². The van der Waals surface area contributed by atoms with E-state index in [0.717, 1.165) is 12.8 Å². The van der Waals surface area contributed by atoms with Crippen LogP contribution >= 0.6 is 38.2 Å². The lowest BCUT2D eigenvalue weighted by Crippen LogP contribution is -2.39. The van der Waals surface area contributed by atoms with Crippen molar-refractivity contribution >= 4 is 53.2 Å². The van der Waals surface area contributed by atoms with Crippen molar-refractivity contribution in [1.29, 1.82) is 0 Å². The van der Waals surface area contributed by atoms with Crippen LogP contribution in [-0.2, 0) is 9.05 Å². The highest BCUT2D eigenvalue weighted by molar-refractivity contribution is 9.10. The van der Waals surface area contributed by atoms with Gasteiger partial charge in [0.15, 0.2) is 0 Å². The third-order valence-electron chi connectivity index (χ3n) is 3.76. The Hall–Kier alpha value is -0.300. The average molecular weight is 415 g/mol. The Bertz CT molecular complexity index is 687. The Balaban J connectivity index is 2.23. The zero-order valence-electron chi connectivity index (χ0n) is 11.3. The van der Waals surface area contributed by atoms with Crippen molar-refractivity contribution in [3.8, 4) is 0 Å². The van der Waals surface area contributed by atoms with Gasteiger partial charge >= 0.3 is 0 Å². The smallest absolute Gasteiger partial charge is 0.262 e. The summed E-state index contributed by atoms with van der Waals surface area (Å²) >= 11 is 9.01. The van der Waals surface area contributed by atoms with Crippen molar-refractivity contribution in [2.45, 2.75) is 31.1 Å². The topological polar surface area (TPSA) is 63.2 Å². The van der Waals surface area contributed by atoms with E-state index >= 15 is 0 Å². The fourth-order valence-electron chi connectivity index (χ4n) is 2.23. The Kier molecular flexibility index (Phi) is 4.93. The van der Waals surface area contributed by atoms with Crippen molar-refractivity contribution < 1.29 is 13.2 Å². The van der Waals surface area contributed by atoms with Gasteiger partial charge < -0.3 is 5.32 Å². The van der Waals surface area contributed by atoms with Crippen LogP contribution in [0, 0.1) is 5.41 Å². The molecule has 0 spiro atoms. The lowest BCUT2D eigenvalue weighted by atomic mass is 9.70. The van der Waals surface area contributed by atoms with Gasteiger partial charge in [0.25, 0.3) is 15.0 Å². The molecule has 1 N–H and O–H groups in total. The van der Waals surface area contributed by atoms with Crippen molar-refractivity contribution in [2.24, 2.45) is 5.41 Å². The maximum absolute atomic E-state index is 12.2. The van der Waals surface area contributed by atoms with Gasteiger partial charge in [0.1, 0.15) is 0 Å². The van der Waals surface area contributed by atoms with E-state index in [1.54, 1.807) is 0 Å². The van der Waals surface area contributed by atoms with E-state index in [-0.39, 0.29) is 31.3 Å². The molecular formula is C13H14BrCl2NO3S. The number of carbonyl (C=O) groups is 1. The summed E-state index contributed by atoms with van der Waals surface area (Å²) in [5, 5.41) is 2.94. The first-order valence-electron chi connectivity index (χ1n) is 6.34. The molecule has 0 aromatic heterocycles. The number of carbonyl (C=O) groups excluding carboxylic acids is 1. The molecule has 4 nitrogen and oxygen atoms in total. The summed E-state index contributed by atoms with van der Waals surface area (Å²) in [6.07, 6.45) is 3.33. The molecule has 8 heteroatoms. The van der Waals surface area contributed by atoms with Gasteiger partial charge in [0, 0.05) is 22.8 Å². The van der Waals surface area contributed by atoms with Gasteiger partial charge in [-0.05, 0) is 46.3 Å². The average Bonchev–Trinajstić information content (AvgIpc) is 2.35. The largest absolute Gasteiger partial charge is 0.351 e. The van der Waals surface area contributed by atoms with E-state index in [0.29, 0.717) is 6.54 Å². The summed E-state index contributed by atoms with van der Waals surface area (Å²) in [6, 6.07) is 2.63. The molecule has 21 heavy (non-hydrogen) atoms. The summed E-state index contributed by atoms with van der Waals surface area (Å²) in [4.78, 5) is 11.9. The summed E-state index contributed by atoms with van der Waals surface area (Å²) in [6.45, 7) is 2.67. The molecule has 2 rings (SSSR count). The molecule has 0 saturated heterocycles. The maximum atomic E-state index is 12.2. The predicted molar refractivity (Wildman–Crippen MR) is 86.5 cm³/mol. The zero-order valence-corrected chi connectivity index (χ0v) is 15.2. The summed E-state index contributed by atoms with van der Waals surface area (Å²) < 4.78 is 23.2. The first-order valence-corrected chi connectivity index (χ1v) is 9.82. The van der Waals surface area contributed by atoms with Crippen molar-refractivity contribution in [3.63, 3.8) is 0 Å². The number of nitrogens with one attached hydrogen (secondary N) is 1. The minimum atomic E-state index is -3.99. The molecule has 1 fully saturated rings. The SMILES string of the molecule is CC1(CNC(=O)c2cc(Cl)c(Br)c(S(=O)(=O)Cl)c2)CCC1. The number of hydrogen-bond acceptors (Lipinski definition) is 3. The van der Waals surface area contributed by atoms with Crippen LogP contribution in [0.2, 0.25) is 5.02 Å². The first kappa shape index (κ1) is 17.1. The van der Waals surface area contributed by atoms with Crippen LogP contribution in [0.15, 0.2) is 21.5 Å². The quantitative estimate of drug-likeness (QED) is 0.758. The number of hydrogen-bond donors (Lipinski definition) is 1. The van der Waals surface area contributed by atoms with Crippen LogP contribution in [0.25, 0.3) is 0 Å². The minimum Gasteiger partial charge on any atom is -0.351 e. The summed E-state index contributed by atoms with van der Waals surface area (Å²) in [5.41, 5.74) is 0.307. The van der Waals surface area contributed by atoms with Crippen molar-refractivity contribution in [1.82, 2.24) is 5.32 Å². The molecule has 0 heterocycles. The van der Waals surface area contributed by atoms with Crippen molar-refractivity contribution in [2.75, 3.05) is 6.54 Å². The van der Waals surface area contributed by atoms with Crippen LogP contribution in [-0.4, -0.2) is 20.9 Å². The van der Waals surface area contributed by atoms with E-state index in [4.69, 9.17) is 22.3 Å². The van der Waals surface area contributed by atoms with Crippen LogP contribution in [0.5, 0.6) is 0 Å². The molecule has 0 unspecified atom stereocenters. The molecule has 1 aliphatic carbocycles. The third-order valence-corrected chi connectivity index (χ3v) is 6.75. The monoisotopic (exact) mass is 413 g/mol. The second-order valence-electron chi connectivity index (χ2n) is 5.55. The Morgan fingerprint density at radius 2 is 2.05 bits per heavy atom. The lowest BCUT2D eigenvalue weighted by Gasteiger charge is -2.38. The number of rotatable bonds is 4. The van der Waals surface area contributed by atoms with E-state index in [1.807, 2.05) is 0 Å². The predicted octanol–water partition coefficient (Wildman–Crippen LogP) is 3.95. The van der Waals surface area contributed by atoms with Crippen LogP contribution in [0.1, 0.15) is 36.5 Å². The Labute approximate surface area is 141 Å². The maximum Gasteiger partial charge on any atom is 0.262 e. The molecule has 1 aliphatic rings. The Morgan fingerprint density at radius 3 is 2.52 bits per heavy atom. The highest BCUT2D eigenvalue weighted by atomic mass is 79.9. The first-order chi connectivity index (χ1) is 9.62. The second-order valence-corrected chi connectivity index (χ2v) is 9.29. The highest BCUT2D eigenvalue weighted by Crippen LogP contribution is 2.39. The van der Waals surface area contributed by atoms with Gasteiger partial charge in [-0.2, -0.15) is 0 Å². The fraction of sp³-hybridized carbons (Fsp3) is 0.462. The van der Waals surface area contributed by atoms with Crippen LogP contribution in [0.4, 0.5) is 0 Å². The fourth-order valence-corrected chi connectivity index (χ4v) is 4.61. The number of halogens is 3. The molecule has 0 radical (unpaired) electrons. The van der Waals surface area contributed by atoms with E-state index in [2.05, 4.69) is 28.2 Å². The van der Waals surface area contributed by atoms with E-state index in [1.165, 1.54) is 18.6 Å². The van der Waals surface area contributed by atoms with Crippen molar-refractivity contribution in [3.05, 3.63) is 27.2 Å². The lowest BCUT2D eigenvalue weighted by molar-refractivity contribution is 0.0890. The molecular weight excluding hydrogens is 401 g/mol. The second kappa shape index (κ2) is 6.07. The molecule has 1 saturated carbocycles. The van der Waals surface area contributed by atoms with E-state index < -0.39 is 9.05 Å². The highest BCUT2D eigenvalue weighted by Gasteiger charge is 2.32. The minimum absolute atomic E-state index is 0.122. The van der Waals surface area contributed by atoms with Crippen LogP contribution < -0.4 is 5.32 Å². The molecule has 1 aromatic rings. The number of amides is 1. The standard InChI is InChI=1S/C13H14BrCl2NO3S/c1-13(3-2-4-13)7-17-12(18)8-5-9(15)11(14)10(6-8)21(16,19)20/h5-6H,2-4,7H2,1H3,(H,17,18). The molecule has 0 aliphatic heterocycles. The van der Waals surface area contributed by atoms with E-state index in [9.17, 15) is 13.2 Å². The molecule has 1 amide bonds.